The molecule has 1 aliphatic rings. The minimum absolute atomic E-state index is 0.0385. The molecule has 0 spiro atoms. The van der Waals surface area contributed by atoms with Gasteiger partial charge in [-0.25, -0.2) is 4.68 Å². The van der Waals surface area contributed by atoms with Gasteiger partial charge in [-0.3, -0.25) is 0 Å². The molecule has 0 aromatic carbocycles. The van der Waals surface area contributed by atoms with Crippen LogP contribution < -0.4 is 5.73 Å². The maximum Gasteiger partial charge on any atom is 0.0997 e. The van der Waals surface area contributed by atoms with Crippen molar-refractivity contribution in [2.45, 2.75) is 57.7 Å². The highest BCUT2D eigenvalue weighted by atomic mass is 16.3. The lowest BCUT2D eigenvalue weighted by atomic mass is 9.82. The van der Waals surface area contributed by atoms with E-state index in [0.717, 1.165) is 11.4 Å². The molecule has 0 amide bonds. The van der Waals surface area contributed by atoms with Crippen molar-refractivity contribution >= 4 is 0 Å². The van der Waals surface area contributed by atoms with E-state index in [1.54, 1.807) is 6.92 Å². The number of nitrogens with two attached hydrogens (primary N) is 1. The molecule has 2 rings (SSSR count). The number of hydrogen-bond acceptors (Lipinski definition) is 4. The van der Waals surface area contributed by atoms with E-state index in [1.165, 1.54) is 19.3 Å². The first-order chi connectivity index (χ1) is 7.65. The van der Waals surface area contributed by atoms with Crippen LogP contribution in [0.4, 0.5) is 0 Å². The highest BCUT2D eigenvalue weighted by molar-refractivity contribution is 5.18. The smallest absolute Gasteiger partial charge is 0.0997 e. The van der Waals surface area contributed by atoms with Crippen molar-refractivity contribution in [1.29, 1.82) is 0 Å². The van der Waals surface area contributed by atoms with Gasteiger partial charge in [0.05, 0.1) is 23.5 Å². The monoisotopic (exact) mass is 224 g/mol. The van der Waals surface area contributed by atoms with E-state index in [1.807, 2.05) is 11.6 Å². The third-order valence-corrected chi connectivity index (χ3v) is 3.57. The number of aromatic nitrogens is 3. The molecular weight excluding hydrogens is 204 g/mol. The van der Waals surface area contributed by atoms with Gasteiger partial charge in [0.15, 0.2) is 0 Å². The standard InChI is InChI=1S/C11H20N4O/c1-7(8(2)16)15-11(9-4-3-5-9)10(6-12)13-14-15/h7-9,16H,3-6,12H2,1-2H3. The molecule has 3 N–H and O–H groups in total. The second-order valence-corrected chi connectivity index (χ2v) is 4.68. The molecule has 90 valence electrons. The summed E-state index contributed by atoms with van der Waals surface area (Å²) in [5.74, 6) is 0.537. The lowest BCUT2D eigenvalue weighted by Gasteiger charge is -2.28. The van der Waals surface area contributed by atoms with Crippen molar-refractivity contribution in [2.75, 3.05) is 0 Å². The van der Waals surface area contributed by atoms with Gasteiger partial charge in [0.2, 0.25) is 0 Å². The van der Waals surface area contributed by atoms with Gasteiger partial charge < -0.3 is 10.8 Å². The molecule has 5 nitrogen and oxygen atoms in total. The van der Waals surface area contributed by atoms with Gasteiger partial charge in [0.1, 0.15) is 0 Å². The summed E-state index contributed by atoms with van der Waals surface area (Å²) in [6, 6.07) is -0.0385. The summed E-state index contributed by atoms with van der Waals surface area (Å²) in [4.78, 5) is 0. The van der Waals surface area contributed by atoms with E-state index in [0.29, 0.717) is 12.5 Å². The fraction of sp³-hybridized carbons (Fsp3) is 0.818. The molecule has 2 atom stereocenters. The van der Waals surface area contributed by atoms with Gasteiger partial charge in [0, 0.05) is 12.5 Å². The Morgan fingerprint density at radius 2 is 2.19 bits per heavy atom. The lowest BCUT2D eigenvalue weighted by Crippen LogP contribution is -2.25. The molecule has 1 aromatic heterocycles. The summed E-state index contributed by atoms with van der Waals surface area (Å²) >= 11 is 0. The van der Waals surface area contributed by atoms with Gasteiger partial charge in [-0.15, -0.1) is 5.10 Å². The average Bonchev–Trinajstić information content (AvgIpc) is 2.57. The highest BCUT2D eigenvalue weighted by Crippen LogP contribution is 2.38. The SMILES string of the molecule is CC(O)C(C)n1nnc(CN)c1C1CCC1. The molecule has 1 saturated carbocycles. The van der Waals surface area contributed by atoms with Crippen molar-refractivity contribution in [3.63, 3.8) is 0 Å². The predicted octanol–water partition coefficient (Wildman–Crippen LogP) is 0.946. The zero-order valence-corrected chi connectivity index (χ0v) is 9.93. The average molecular weight is 224 g/mol. The molecule has 1 aromatic rings. The predicted molar refractivity (Wildman–Crippen MR) is 60.9 cm³/mol. The molecule has 1 aliphatic carbocycles. The Balaban J connectivity index is 2.33. The normalized spacial score (nSPS) is 20.5. The van der Waals surface area contributed by atoms with Crippen LogP contribution in [0.3, 0.4) is 0 Å². The third kappa shape index (κ3) is 1.85. The van der Waals surface area contributed by atoms with Crippen molar-refractivity contribution in [1.82, 2.24) is 15.0 Å². The van der Waals surface area contributed by atoms with Crippen LogP contribution in [0, 0.1) is 0 Å². The molecule has 1 fully saturated rings. The number of hydrogen-bond donors (Lipinski definition) is 2. The summed E-state index contributed by atoms with van der Waals surface area (Å²) in [5, 5.41) is 17.9. The van der Waals surface area contributed by atoms with E-state index >= 15 is 0 Å². The Labute approximate surface area is 95.6 Å². The zero-order chi connectivity index (χ0) is 11.7. The molecule has 0 radical (unpaired) electrons. The minimum Gasteiger partial charge on any atom is -0.391 e. The van der Waals surface area contributed by atoms with Crippen LogP contribution in [0.25, 0.3) is 0 Å². The topological polar surface area (TPSA) is 77.0 Å². The fourth-order valence-corrected chi connectivity index (χ4v) is 2.09. The highest BCUT2D eigenvalue weighted by Gasteiger charge is 2.29. The fourth-order valence-electron chi connectivity index (χ4n) is 2.09. The van der Waals surface area contributed by atoms with Gasteiger partial charge >= 0.3 is 0 Å². The second-order valence-electron chi connectivity index (χ2n) is 4.68. The summed E-state index contributed by atoms with van der Waals surface area (Å²) in [7, 11) is 0. The van der Waals surface area contributed by atoms with E-state index in [2.05, 4.69) is 10.3 Å². The van der Waals surface area contributed by atoms with Crippen LogP contribution in [0.2, 0.25) is 0 Å². The maximum absolute atomic E-state index is 9.63. The van der Waals surface area contributed by atoms with Crippen LogP contribution in [0.5, 0.6) is 0 Å². The van der Waals surface area contributed by atoms with Gasteiger partial charge in [0.25, 0.3) is 0 Å². The number of nitrogens with zero attached hydrogens (tertiary/aromatic N) is 3. The van der Waals surface area contributed by atoms with E-state index < -0.39 is 6.10 Å². The summed E-state index contributed by atoms with van der Waals surface area (Å²) in [6.07, 6.45) is 3.22. The van der Waals surface area contributed by atoms with Crippen LogP contribution in [0.15, 0.2) is 0 Å². The van der Waals surface area contributed by atoms with E-state index in [4.69, 9.17) is 5.73 Å². The summed E-state index contributed by atoms with van der Waals surface area (Å²) < 4.78 is 1.86. The lowest BCUT2D eigenvalue weighted by molar-refractivity contribution is 0.127. The largest absolute Gasteiger partial charge is 0.391 e. The first-order valence-electron chi connectivity index (χ1n) is 5.97. The molecule has 2 unspecified atom stereocenters. The van der Waals surface area contributed by atoms with E-state index in [9.17, 15) is 5.11 Å². The Kier molecular flexibility index (Phi) is 3.25. The molecule has 0 aliphatic heterocycles. The Hall–Kier alpha value is -0.940. The first kappa shape index (κ1) is 11.5. The van der Waals surface area contributed by atoms with E-state index in [-0.39, 0.29) is 6.04 Å². The van der Waals surface area contributed by atoms with Gasteiger partial charge in [-0.1, -0.05) is 11.6 Å². The van der Waals surface area contributed by atoms with Crippen LogP contribution in [0.1, 0.15) is 56.5 Å². The molecule has 5 heteroatoms. The molecule has 0 bridgehead atoms. The number of aliphatic hydroxyl groups excluding tert-OH is 1. The second kappa shape index (κ2) is 4.51. The Morgan fingerprint density at radius 1 is 1.50 bits per heavy atom. The summed E-state index contributed by atoms with van der Waals surface area (Å²) in [5.41, 5.74) is 7.71. The zero-order valence-electron chi connectivity index (χ0n) is 9.93. The van der Waals surface area contributed by atoms with Crippen LogP contribution in [-0.4, -0.2) is 26.2 Å². The van der Waals surface area contributed by atoms with Crippen molar-refractivity contribution < 1.29 is 5.11 Å². The van der Waals surface area contributed by atoms with Crippen molar-refractivity contribution in [3.8, 4) is 0 Å². The molecule has 16 heavy (non-hydrogen) atoms. The van der Waals surface area contributed by atoms with Crippen molar-refractivity contribution in [3.05, 3.63) is 11.4 Å². The van der Waals surface area contributed by atoms with Gasteiger partial charge in [-0.2, -0.15) is 0 Å². The van der Waals surface area contributed by atoms with Crippen LogP contribution >= 0.6 is 0 Å². The Bertz CT molecular complexity index is 357. The van der Waals surface area contributed by atoms with Crippen LogP contribution in [-0.2, 0) is 6.54 Å². The quantitative estimate of drug-likeness (QED) is 0.798. The molecule has 1 heterocycles. The van der Waals surface area contributed by atoms with Crippen molar-refractivity contribution in [2.24, 2.45) is 5.73 Å². The number of rotatable bonds is 4. The Morgan fingerprint density at radius 3 is 2.62 bits per heavy atom. The maximum atomic E-state index is 9.63. The summed E-state index contributed by atoms with van der Waals surface area (Å²) in [6.45, 7) is 4.17. The minimum atomic E-state index is -0.425. The first-order valence-corrected chi connectivity index (χ1v) is 5.97. The molecule has 0 saturated heterocycles. The number of aliphatic hydroxyl groups is 1. The molecular formula is C11H20N4O. The van der Waals surface area contributed by atoms with Gasteiger partial charge in [-0.05, 0) is 26.7 Å². The third-order valence-electron chi connectivity index (χ3n) is 3.57.